The van der Waals surface area contributed by atoms with Gasteiger partial charge < -0.3 is 14.4 Å². The van der Waals surface area contributed by atoms with Gasteiger partial charge in [-0.3, -0.25) is 9.69 Å². The molecule has 2 rings (SSSR count). The van der Waals surface area contributed by atoms with Crippen molar-refractivity contribution in [1.29, 1.82) is 0 Å². The zero-order valence-corrected chi connectivity index (χ0v) is 15.5. The Balaban J connectivity index is 1.90. The van der Waals surface area contributed by atoms with Gasteiger partial charge in [-0.1, -0.05) is 12.8 Å². The molecular formula is C18H32N2O4. The first-order valence-electron chi connectivity index (χ1n) is 9.20. The first-order valence-corrected chi connectivity index (χ1v) is 9.20. The van der Waals surface area contributed by atoms with Crippen LogP contribution in [0.25, 0.3) is 0 Å². The van der Waals surface area contributed by atoms with E-state index in [2.05, 4.69) is 4.90 Å². The van der Waals surface area contributed by atoms with Crippen molar-refractivity contribution >= 4 is 12.1 Å². The van der Waals surface area contributed by atoms with Crippen molar-refractivity contribution in [3.63, 3.8) is 0 Å². The van der Waals surface area contributed by atoms with Gasteiger partial charge in [0, 0.05) is 32.2 Å². The van der Waals surface area contributed by atoms with E-state index in [1.54, 1.807) is 4.90 Å². The van der Waals surface area contributed by atoms with Crippen molar-refractivity contribution in [1.82, 2.24) is 9.80 Å². The van der Waals surface area contributed by atoms with Crippen molar-refractivity contribution in [2.75, 3.05) is 32.8 Å². The van der Waals surface area contributed by atoms with Crippen LogP contribution in [-0.4, -0.2) is 66.3 Å². The van der Waals surface area contributed by atoms with Gasteiger partial charge in [0.05, 0.1) is 12.5 Å². The molecule has 2 aliphatic rings. The summed E-state index contributed by atoms with van der Waals surface area (Å²) in [6, 6.07) is 0.249. The molecule has 1 unspecified atom stereocenters. The summed E-state index contributed by atoms with van der Waals surface area (Å²) in [7, 11) is 0. The van der Waals surface area contributed by atoms with E-state index < -0.39 is 5.60 Å². The van der Waals surface area contributed by atoms with Crippen molar-refractivity contribution in [2.45, 2.75) is 65.0 Å². The Morgan fingerprint density at radius 1 is 1.04 bits per heavy atom. The molecule has 1 aliphatic heterocycles. The largest absolute Gasteiger partial charge is 0.466 e. The molecule has 1 saturated heterocycles. The topological polar surface area (TPSA) is 59.1 Å². The fourth-order valence-corrected chi connectivity index (χ4v) is 3.64. The highest BCUT2D eigenvalue weighted by molar-refractivity contribution is 5.73. The lowest BCUT2D eigenvalue weighted by Gasteiger charge is -2.43. The Bertz CT molecular complexity index is 439. The lowest BCUT2D eigenvalue weighted by Crippen LogP contribution is -2.55. The summed E-state index contributed by atoms with van der Waals surface area (Å²) >= 11 is 0. The van der Waals surface area contributed by atoms with Gasteiger partial charge in [0.25, 0.3) is 0 Å². The molecule has 1 aliphatic carbocycles. The fourth-order valence-electron chi connectivity index (χ4n) is 3.64. The van der Waals surface area contributed by atoms with Gasteiger partial charge in [0.2, 0.25) is 0 Å². The predicted molar refractivity (Wildman–Crippen MR) is 91.8 cm³/mol. The highest BCUT2D eigenvalue weighted by Crippen LogP contribution is 2.30. The van der Waals surface area contributed by atoms with E-state index in [-0.39, 0.29) is 24.0 Å². The Labute approximate surface area is 145 Å². The van der Waals surface area contributed by atoms with Crippen LogP contribution < -0.4 is 0 Å². The minimum atomic E-state index is -0.466. The summed E-state index contributed by atoms with van der Waals surface area (Å²) in [4.78, 5) is 28.5. The molecule has 1 amide bonds. The van der Waals surface area contributed by atoms with Gasteiger partial charge in [-0.15, -0.1) is 0 Å². The molecule has 0 aromatic carbocycles. The van der Waals surface area contributed by atoms with Gasteiger partial charge in [-0.2, -0.15) is 0 Å². The van der Waals surface area contributed by atoms with Crippen molar-refractivity contribution in [3.8, 4) is 0 Å². The van der Waals surface area contributed by atoms with E-state index in [1.165, 1.54) is 0 Å². The van der Waals surface area contributed by atoms with Crippen LogP contribution in [0.4, 0.5) is 4.79 Å². The fraction of sp³-hybridized carbons (Fsp3) is 0.889. The molecule has 1 saturated carbocycles. The molecule has 0 aromatic heterocycles. The maximum absolute atomic E-state index is 12.2. The number of amides is 1. The summed E-state index contributed by atoms with van der Waals surface area (Å²) in [6.07, 6.45) is 3.96. The normalized spacial score (nSPS) is 26.1. The summed E-state index contributed by atoms with van der Waals surface area (Å²) in [5, 5.41) is 0. The molecule has 138 valence electrons. The SMILES string of the molecule is CCOC(=O)C1CCCC[C@@H]1N1CCN(C(=O)OC(C)(C)C)CC1. The number of nitrogens with zero attached hydrogens (tertiary/aromatic N) is 2. The minimum absolute atomic E-state index is 0.0215. The van der Waals surface area contributed by atoms with Gasteiger partial charge in [0.1, 0.15) is 5.60 Å². The van der Waals surface area contributed by atoms with Crippen LogP contribution in [0, 0.1) is 5.92 Å². The molecule has 0 spiro atoms. The average molecular weight is 340 g/mol. The van der Waals surface area contributed by atoms with Gasteiger partial charge in [0.15, 0.2) is 0 Å². The Morgan fingerprint density at radius 2 is 1.67 bits per heavy atom. The maximum Gasteiger partial charge on any atom is 0.410 e. The number of piperazine rings is 1. The summed E-state index contributed by atoms with van der Waals surface area (Å²) in [6.45, 7) is 10.8. The average Bonchev–Trinajstić information content (AvgIpc) is 2.53. The monoisotopic (exact) mass is 340 g/mol. The number of hydrogen-bond donors (Lipinski definition) is 0. The quantitative estimate of drug-likeness (QED) is 0.739. The highest BCUT2D eigenvalue weighted by Gasteiger charge is 2.37. The molecule has 1 heterocycles. The van der Waals surface area contributed by atoms with Crippen molar-refractivity contribution in [3.05, 3.63) is 0 Å². The second-order valence-corrected chi connectivity index (χ2v) is 7.71. The Morgan fingerprint density at radius 3 is 2.25 bits per heavy atom. The van der Waals surface area contributed by atoms with E-state index in [4.69, 9.17) is 9.47 Å². The molecular weight excluding hydrogens is 308 g/mol. The molecule has 2 fully saturated rings. The van der Waals surface area contributed by atoms with Gasteiger partial charge >= 0.3 is 12.1 Å². The first kappa shape index (κ1) is 19.0. The van der Waals surface area contributed by atoms with E-state index >= 15 is 0 Å². The number of ether oxygens (including phenoxy) is 2. The van der Waals surface area contributed by atoms with Crippen LogP contribution in [-0.2, 0) is 14.3 Å². The standard InChI is InChI=1S/C18H32N2O4/c1-5-23-16(21)14-8-6-7-9-15(14)19-10-12-20(13-11-19)17(22)24-18(2,3)4/h14-15H,5-13H2,1-4H3/t14?,15-/m0/s1. The van der Waals surface area contributed by atoms with Gasteiger partial charge in [-0.25, -0.2) is 4.79 Å². The first-order chi connectivity index (χ1) is 11.3. The number of rotatable bonds is 3. The molecule has 0 aromatic rings. The highest BCUT2D eigenvalue weighted by atomic mass is 16.6. The van der Waals surface area contributed by atoms with E-state index in [1.807, 2.05) is 27.7 Å². The third-order valence-electron chi connectivity index (χ3n) is 4.75. The van der Waals surface area contributed by atoms with Gasteiger partial charge in [-0.05, 0) is 40.5 Å². The van der Waals surface area contributed by atoms with Crippen LogP contribution in [0.15, 0.2) is 0 Å². The van der Waals surface area contributed by atoms with Crippen LogP contribution in [0.5, 0.6) is 0 Å². The molecule has 0 radical (unpaired) electrons. The summed E-state index contributed by atoms with van der Waals surface area (Å²) in [5.74, 6) is -0.0800. The summed E-state index contributed by atoms with van der Waals surface area (Å²) < 4.78 is 10.7. The molecule has 24 heavy (non-hydrogen) atoms. The lowest BCUT2D eigenvalue weighted by atomic mass is 9.83. The van der Waals surface area contributed by atoms with Crippen molar-refractivity contribution in [2.24, 2.45) is 5.92 Å². The second kappa shape index (κ2) is 8.19. The number of carbonyl (C=O) groups is 2. The third-order valence-corrected chi connectivity index (χ3v) is 4.75. The Hall–Kier alpha value is -1.30. The predicted octanol–water partition coefficient (Wildman–Crippen LogP) is 2.66. The minimum Gasteiger partial charge on any atom is -0.466 e. The van der Waals surface area contributed by atoms with Crippen LogP contribution in [0.1, 0.15) is 53.4 Å². The number of hydrogen-bond acceptors (Lipinski definition) is 5. The number of carbonyl (C=O) groups excluding carboxylic acids is 2. The molecule has 6 nitrogen and oxygen atoms in total. The van der Waals surface area contributed by atoms with E-state index in [9.17, 15) is 9.59 Å². The second-order valence-electron chi connectivity index (χ2n) is 7.71. The Kier molecular flexibility index (Phi) is 6.49. The zero-order valence-electron chi connectivity index (χ0n) is 15.5. The summed E-state index contributed by atoms with van der Waals surface area (Å²) in [5.41, 5.74) is -0.466. The van der Waals surface area contributed by atoms with E-state index in [0.29, 0.717) is 19.7 Å². The van der Waals surface area contributed by atoms with E-state index in [0.717, 1.165) is 38.8 Å². The smallest absolute Gasteiger partial charge is 0.410 e. The third kappa shape index (κ3) is 5.10. The van der Waals surface area contributed by atoms with Crippen LogP contribution in [0.2, 0.25) is 0 Å². The molecule has 0 bridgehead atoms. The molecule has 0 N–H and O–H groups in total. The molecule has 6 heteroatoms. The van der Waals surface area contributed by atoms with Crippen LogP contribution >= 0.6 is 0 Å². The zero-order chi connectivity index (χ0) is 17.7. The lowest BCUT2D eigenvalue weighted by molar-refractivity contribution is -0.152. The number of esters is 1. The molecule has 2 atom stereocenters. The maximum atomic E-state index is 12.2. The van der Waals surface area contributed by atoms with Crippen LogP contribution in [0.3, 0.4) is 0 Å². The van der Waals surface area contributed by atoms with Crippen molar-refractivity contribution < 1.29 is 19.1 Å².